The first-order chi connectivity index (χ1) is 15.9. The van der Waals surface area contributed by atoms with Gasteiger partial charge in [0.25, 0.3) is 0 Å². The quantitative estimate of drug-likeness (QED) is 0.546. The minimum atomic E-state index is -1.09. The number of nitrogens with zero attached hydrogens (tertiary/aromatic N) is 1. The van der Waals surface area contributed by atoms with Crippen LogP contribution in [0.5, 0.6) is 0 Å². The summed E-state index contributed by atoms with van der Waals surface area (Å²) in [6, 6.07) is 14.3. The summed E-state index contributed by atoms with van der Waals surface area (Å²) in [6.45, 7) is 3.56. The Morgan fingerprint density at radius 2 is 1.67 bits per heavy atom. The van der Waals surface area contributed by atoms with Gasteiger partial charge in [-0.05, 0) is 54.5 Å². The first kappa shape index (κ1) is 24.6. The van der Waals surface area contributed by atoms with Gasteiger partial charge in [0.15, 0.2) is 0 Å². The highest BCUT2D eigenvalue weighted by Gasteiger charge is 2.32. The van der Waals surface area contributed by atoms with Crippen LogP contribution < -0.4 is 5.32 Å². The largest absolute Gasteiger partial charge is 0.480 e. The van der Waals surface area contributed by atoms with Crippen LogP contribution in [0.3, 0.4) is 0 Å². The molecule has 0 radical (unpaired) electrons. The Morgan fingerprint density at radius 3 is 2.18 bits per heavy atom. The van der Waals surface area contributed by atoms with Gasteiger partial charge in [0.2, 0.25) is 5.91 Å². The molecule has 0 saturated carbocycles. The lowest BCUT2D eigenvalue weighted by Crippen LogP contribution is -2.53. The smallest absolute Gasteiger partial charge is 0.407 e. The zero-order valence-electron chi connectivity index (χ0n) is 19.1. The number of carbonyl (C=O) groups excluding carboxylic acids is 2. The van der Waals surface area contributed by atoms with Crippen molar-refractivity contribution in [2.24, 2.45) is 0 Å². The van der Waals surface area contributed by atoms with E-state index in [0.29, 0.717) is 12.2 Å². The highest BCUT2D eigenvalue weighted by molar-refractivity contribution is 7.98. The van der Waals surface area contributed by atoms with Gasteiger partial charge in [-0.3, -0.25) is 4.79 Å². The molecular formula is C25H30N2O5S. The van der Waals surface area contributed by atoms with Gasteiger partial charge in [-0.1, -0.05) is 48.5 Å². The zero-order chi connectivity index (χ0) is 24.0. The van der Waals surface area contributed by atoms with E-state index in [4.69, 9.17) is 4.74 Å². The van der Waals surface area contributed by atoms with Crippen molar-refractivity contribution in [3.8, 4) is 11.1 Å². The van der Waals surface area contributed by atoms with Gasteiger partial charge in [-0.25, -0.2) is 9.59 Å². The molecule has 2 aromatic carbocycles. The van der Waals surface area contributed by atoms with Gasteiger partial charge >= 0.3 is 12.1 Å². The molecule has 1 aliphatic rings. The maximum absolute atomic E-state index is 13.0. The molecule has 0 spiro atoms. The van der Waals surface area contributed by atoms with E-state index in [0.717, 1.165) is 22.3 Å². The van der Waals surface area contributed by atoms with E-state index < -0.39 is 30.1 Å². The molecule has 8 heteroatoms. The molecular weight excluding hydrogens is 440 g/mol. The third-order valence-electron chi connectivity index (χ3n) is 5.99. The van der Waals surface area contributed by atoms with Crippen molar-refractivity contribution in [3.05, 3.63) is 59.7 Å². The third kappa shape index (κ3) is 5.50. The number of nitrogens with one attached hydrogen (secondary N) is 1. The summed E-state index contributed by atoms with van der Waals surface area (Å²) in [5.74, 6) is -0.952. The molecule has 1 aliphatic carbocycles. The average molecular weight is 471 g/mol. The molecule has 2 amide bonds. The van der Waals surface area contributed by atoms with Crippen LogP contribution in [-0.4, -0.2) is 65.2 Å². The molecule has 0 aromatic heterocycles. The molecule has 2 atom stereocenters. The fourth-order valence-corrected chi connectivity index (χ4v) is 4.70. The molecule has 2 N–H and O–H groups in total. The van der Waals surface area contributed by atoms with Crippen LogP contribution in [0.1, 0.15) is 37.3 Å². The number of hydrogen-bond acceptors (Lipinski definition) is 5. The molecule has 2 aromatic rings. The lowest BCUT2D eigenvalue weighted by Gasteiger charge is -2.29. The number of fused-ring (bicyclic) bond motifs is 3. The number of alkyl carbamates (subject to hydrolysis) is 1. The number of likely N-dealkylation sites (N-methyl/N-ethyl adjacent to an activating group) is 1. The molecule has 1 unspecified atom stereocenters. The zero-order valence-corrected chi connectivity index (χ0v) is 19.9. The van der Waals surface area contributed by atoms with Crippen LogP contribution in [0.4, 0.5) is 4.79 Å². The van der Waals surface area contributed by atoms with Crippen LogP contribution in [0.2, 0.25) is 0 Å². The number of amides is 2. The SMILES string of the molecule is CCN(C(=O)[C@H](CCSC)NC(=O)OCC1c2ccccc2-c2ccccc21)C(C)C(=O)O. The van der Waals surface area contributed by atoms with Crippen LogP contribution in [0, 0.1) is 0 Å². The Kier molecular flexibility index (Phi) is 8.38. The van der Waals surface area contributed by atoms with Gasteiger partial charge in [0, 0.05) is 12.5 Å². The number of carboxylic acids is 1. The second kappa shape index (κ2) is 11.2. The minimum absolute atomic E-state index is 0.0809. The molecule has 7 nitrogen and oxygen atoms in total. The molecule has 33 heavy (non-hydrogen) atoms. The summed E-state index contributed by atoms with van der Waals surface area (Å²) >= 11 is 1.55. The number of carboxylic acid groups (broad SMARTS) is 1. The van der Waals surface area contributed by atoms with Crippen LogP contribution >= 0.6 is 11.8 Å². The Hall–Kier alpha value is -3.00. The second-order valence-electron chi connectivity index (χ2n) is 7.94. The van der Waals surface area contributed by atoms with Crippen molar-refractivity contribution in [1.82, 2.24) is 10.2 Å². The number of rotatable bonds is 10. The standard InChI is InChI=1S/C25H30N2O5S/c1-4-27(16(2)24(29)30)23(28)22(13-14-33-3)26-25(31)32-15-21-19-11-7-5-9-17(19)18-10-6-8-12-20(18)21/h5-12,16,21-22H,4,13-15H2,1-3H3,(H,26,31)(H,29,30)/t16?,22-/m0/s1. The predicted octanol–water partition coefficient (Wildman–Crippen LogP) is 3.97. The first-order valence-electron chi connectivity index (χ1n) is 11.0. The maximum Gasteiger partial charge on any atom is 0.407 e. The topological polar surface area (TPSA) is 95.9 Å². The summed E-state index contributed by atoms with van der Waals surface area (Å²) in [7, 11) is 0. The van der Waals surface area contributed by atoms with E-state index in [2.05, 4.69) is 17.4 Å². The molecule has 0 saturated heterocycles. The average Bonchev–Trinajstić information content (AvgIpc) is 3.14. The van der Waals surface area contributed by atoms with Crippen molar-refractivity contribution in [1.29, 1.82) is 0 Å². The summed E-state index contributed by atoms with van der Waals surface area (Å²) in [5.41, 5.74) is 4.48. The number of aliphatic carboxylic acids is 1. The van der Waals surface area contributed by atoms with Gasteiger partial charge in [0.1, 0.15) is 18.7 Å². The highest BCUT2D eigenvalue weighted by Crippen LogP contribution is 2.44. The first-order valence-corrected chi connectivity index (χ1v) is 12.4. The van der Waals surface area contributed by atoms with E-state index in [1.807, 2.05) is 42.7 Å². The van der Waals surface area contributed by atoms with Crippen LogP contribution in [-0.2, 0) is 14.3 Å². The summed E-state index contributed by atoms with van der Waals surface area (Å²) < 4.78 is 5.58. The van der Waals surface area contributed by atoms with Crippen molar-refractivity contribution >= 4 is 29.7 Å². The fourth-order valence-electron chi connectivity index (χ4n) is 4.23. The molecule has 0 fully saturated rings. The Balaban J connectivity index is 1.70. The second-order valence-corrected chi connectivity index (χ2v) is 8.93. The monoisotopic (exact) mass is 470 g/mol. The number of carbonyl (C=O) groups is 3. The van der Waals surface area contributed by atoms with E-state index in [9.17, 15) is 19.5 Å². The number of benzene rings is 2. The minimum Gasteiger partial charge on any atom is -0.480 e. The van der Waals surface area contributed by atoms with Crippen molar-refractivity contribution in [2.75, 3.05) is 25.2 Å². The third-order valence-corrected chi connectivity index (χ3v) is 6.64. The Morgan fingerprint density at radius 1 is 1.09 bits per heavy atom. The Labute approximate surface area is 198 Å². The molecule has 0 aliphatic heterocycles. The maximum atomic E-state index is 13.0. The van der Waals surface area contributed by atoms with E-state index >= 15 is 0 Å². The van der Waals surface area contributed by atoms with Crippen molar-refractivity contribution in [3.63, 3.8) is 0 Å². The van der Waals surface area contributed by atoms with Gasteiger partial charge in [-0.15, -0.1) is 0 Å². The van der Waals surface area contributed by atoms with Crippen LogP contribution in [0.15, 0.2) is 48.5 Å². The van der Waals surface area contributed by atoms with E-state index in [1.165, 1.54) is 11.8 Å². The van der Waals surface area contributed by atoms with Crippen LogP contribution in [0.25, 0.3) is 11.1 Å². The van der Waals surface area contributed by atoms with Crippen molar-refractivity contribution < 1.29 is 24.2 Å². The number of ether oxygens (including phenoxy) is 1. The predicted molar refractivity (Wildman–Crippen MR) is 129 cm³/mol. The fraction of sp³-hybridized carbons (Fsp3) is 0.400. The number of thioether (sulfide) groups is 1. The lowest BCUT2D eigenvalue weighted by atomic mass is 9.98. The lowest BCUT2D eigenvalue weighted by molar-refractivity contribution is -0.150. The normalized spacial score (nSPS) is 14.0. The Bertz CT molecular complexity index is 966. The van der Waals surface area contributed by atoms with Gasteiger partial charge < -0.3 is 20.1 Å². The molecule has 0 heterocycles. The van der Waals surface area contributed by atoms with Gasteiger partial charge in [-0.2, -0.15) is 11.8 Å². The number of hydrogen-bond donors (Lipinski definition) is 2. The van der Waals surface area contributed by atoms with E-state index in [-0.39, 0.29) is 19.1 Å². The molecule has 0 bridgehead atoms. The summed E-state index contributed by atoms with van der Waals surface area (Å²) in [5, 5.41) is 12.0. The molecule has 176 valence electrons. The van der Waals surface area contributed by atoms with Gasteiger partial charge in [0.05, 0.1) is 0 Å². The summed E-state index contributed by atoms with van der Waals surface area (Å²) in [6.07, 6.45) is 1.61. The summed E-state index contributed by atoms with van der Waals surface area (Å²) in [4.78, 5) is 38.4. The molecule has 3 rings (SSSR count). The highest BCUT2D eigenvalue weighted by atomic mass is 32.2. The van der Waals surface area contributed by atoms with Crippen molar-refractivity contribution in [2.45, 2.75) is 38.3 Å². The van der Waals surface area contributed by atoms with E-state index in [1.54, 1.807) is 18.7 Å².